The highest BCUT2D eigenvalue weighted by atomic mass is 79.9. The maximum atomic E-state index is 3.55. The Morgan fingerprint density at radius 2 is 1.89 bits per heavy atom. The molecule has 0 spiro atoms. The summed E-state index contributed by atoms with van der Waals surface area (Å²) in [6.07, 6.45) is 0. The molecule has 2 heteroatoms. The van der Waals surface area contributed by atoms with Crippen LogP contribution in [0.5, 0.6) is 0 Å². The molecule has 1 unspecified atom stereocenters. The van der Waals surface area contributed by atoms with E-state index in [1.54, 1.807) is 0 Å². The van der Waals surface area contributed by atoms with Gasteiger partial charge in [-0.25, -0.2) is 0 Å². The van der Waals surface area contributed by atoms with Gasteiger partial charge in [-0.05, 0) is 37.1 Å². The van der Waals surface area contributed by atoms with Crippen LogP contribution in [0.4, 0.5) is 0 Å². The molecule has 0 amide bonds. The van der Waals surface area contributed by atoms with Crippen molar-refractivity contribution in [3.8, 4) is 0 Å². The van der Waals surface area contributed by atoms with Crippen molar-refractivity contribution in [3.63, 3.8) is 0 Å². The Bertz CT molecular complexity index is 522. The van der Waals surface area contributed by atoms with Gasteiger partial charge in [0, 0.05) is 17.1 Å². The molecule has 2 aromatic rings. The summed E-state index contributed by atoms with van der Waals surface area (Å²) in [7, 11) is 0. The first kappa shape index (κ1) is 13.3. The molecule has 0 saturated heterocycles. The normalized spacial score (nSPS) is 12.4. The minimum atomic E-state index is 0.350. The number of hydrogen-bond donors (Lipinski definition) is 1. The van der Waals surface area contributed by atoms with Gasteiger partial charge in [0.1, 0.15) is 0 Å². The van der Waals surface area contributed by atoms with Crippen molar-refractivity contribution in [2.75, 3.05) is 0 Å². The van der Waals surface area contributed by atoms with Crippen LogP contribution in [0.15, 0.2) is 53.0 Å². The van der Waals surface area contributed by atoms with Crippen LogP contribution in [-0.4, -0.2) is 0 Å². The van der Waals surface area contributed by atoms with Crippen molar-refractivity contribution in [2.45, 2.75) is 26.4 Å². The number of hydrogen-bond acceptors (Lipinski definition) is 1. The highest BCUT2D eigenvalue weighted by Crippen LogP contribution is 2.18. The molecule has 1 N–H and O–H groups in total. The van der Waals surface area contributed by atoms with Gasteiger partial charge in [0.2, 0.25) is 0 Å². The van der Waals surface area contributed by atoms with Crippen LogP contribution in [0.2, 0.25) is 0 Å². The summed E-state index contributed by atoms with van der Waals surface area (Å²) in [5.74, 6) is 0. The highest BCUT2D eigenvalue weighted by Gasteiger charge is 2.04. The number of nitrogens with one attached hydrogen (secondary N) is 1. The third kappa shape index (κ3) is 3.69. The highest BCUT2D eigenvalue weighted by molar-refractivity contribution is 9.10. The van der Waals surface area contributed by atoms with E-state index in [1.807, 2.05) is 0 Å². The minimum absolute atomic E-state index is 0.350. The van der Waals surface area contributed by atoms with E-state index in [9.17, 15) is 0 Å². The standard InChI is InChI=1S/C16H18BrN/c1-12-5-3-6-14(9-12)11-18-13(2)15-7-4-8-16(17)10-15/h3-10,13,18H,11H2,1-2H3. The van der Waals surface area contributed by atoms with Crippen LogP contribution in [0, 0.1) is 6.92 Å². The molecule has 0 fully saturated rings. The van der Waals surface area contributed by atoms with E-state index in [4.69, 9.17) is 0 Å². The zero-order valence-corrected chi connectivity index (χ0v) is 12.4. The largest absolute Gasteiger partial charge is 0.306 e. The molecule has 0 aliphatic rings. The Morgan fingerprint density at radius 3 is 2.61 bits per heavy atom. The topological polar surface area (TPSA) is 12.0 Å². The number of aryl methyl sites for hydroxylation is 1. The van der Waals surface area contributed by atoms with Crippen LogP contribution in [0.25, 0.3) is 0 Å². The van der Waals surface area contributed by atoms with Gasteiger partial charge in [0.25, 0.3) is 0 Å². The molecule has 1 atom stereocenters. The molecule has 1 nitrogen and oxygen atoms in total. The molecule has 94 valence electrons. The summed E-state index contributed by atoms with van der Waals surface area (Å²) < 4.78 is 1.13. The van der Waals surface area contributed by atoms with Gasteiger partial charge in [-0.15, -0.1) is 0 Å². The Labute approximate surface area is 117 Å². The summed E-state index contributed by atoms with van der Waals surface area (Å²) in [5, 5.41) is 3.55. The Balaban J connectivity index is 1.98. The quantitative estimate of drug-likeness (QED) is 0.870. The average molecular weight is 304 g/mol. The predicted molar refractivity (Wildman–Crippen MR) is 80.6 cm³/mol. The molecule has 0 bridgehead atoms. The molecule has 0 saturated carbocycles. The Hall–Kier alpha value is -1.12. The number of halogens is 1. The van der Waals surface area contributed by atoms with E-state index in [0.717, 1.165) is 11.0 Å². The van der Waals surface area contributed by atoms with Crippen molar-refractivity contribution in [1.82, 2.24) is 5.32 Å². The number of benzene rings is 2. The monoisotopic (exact) mass is 303 g/mol. The predicted octanol–water partition coefficient (Wildman–Crippen LogP) is 4.61. The van der Waals surface area contributed by atoms with Crippen LogP contribution < -0.4 is 5.32 Å². The van der Waals surface area contributed by atoms with E-state index in [1.165, 1.54) is 16.7 Å². The molecule has 0 aliphatic carbocycles. The van der Waals surface area contributed by atoms with E-state index < -0.39 is 0 Å². The smallest absolute Gasteiger partial charge is 0.0295 e. The third-order valence-corrected chi connectivity index (χ3v) is 3.54. The minimum Gasteiger partial charge on any atom is -0.306 e. The van der Waals surface area contributed by atoms with Gasteiger partial charge in [-0.2, -0.15) is 0 Å². The van der Waals surface area contributed by atoms with E-state index in [-0.39, 0.29) is 0 Å². The molecular weight excluding hydrogens is 286 g/mol. The average Bonchev–Trinajstić information content (AvgIpc) is 2.36. The molecule has 0 radical (unpaired) electrons. The molecule has 2 aromatic carbocycles. The Kier molecular flexibility index (Phi) is 4.56. The summed E-state index contributed by atoms with van der Waals surface area (Å²) >= 11 is 3.51. The lowest BCUT2D eigenvalue weighted by Gasteiger charge is -2.15. The molecular formula is C16H18BrN. The van der Waals surface area contributed by atoms with Gasteiger partial charge in [0.15, 0.2) is 0 Å². The molecule has 18 heavy (non-hydrogen) atoms. The van der Waals surface area contributed by atoms with Gasteiger partial charge in [-0.1, -0.05) is 57.9 Å². The fourth-order valence-corrected chi connectivity index (χ4v) is 2.40. The first-order valence-corrected chi connectivity index (χ1v) is 6.99. The van der Waals surface area contributed by atoms with Crippen molar-refractivity contribution in [3.05, 3.63) is 69.7 Å². The zero-order chi connectivity index (χ0) is 13.0. The first-order valence-electron chi connectivity index (χ1n) is 6.19. The van der Waals surface area contributed by atoms with Crippen LogP contribution >= 0.6 is 15.9 Å². The Morgan fingerprint density at radius 1 is 1.11 bits per heavy atom. The van der Waals surface area contributed by atoms with Crippen molar-refractivity contribution in [1.29, 1.82) is 0 Å². The van der Waals surface area contributed by atoms with Crippen molar-refractivity contribution in [2.24, 2.45) is 0 Å². The SMILES string of the molecule is Cc1cccc(CNC(C)c2cccc(Br)c2)c1. The summed E-state index contributed by atoms with van der Waals surface area (Å²) in [6.45, 7) is 5.22. The van der Waals surface area contributed by atoms with Crippen LogP contribution in [0.3, 0.4) is 0 Å². The van der Waals surface area contributed by atoms with Crippen LogP contribution in [0.1, 0.15) is 29.7 Å². The van der Waals surface area contributed by atoms with Gasteiger partial charge >= 0.3 is 0 Å². The van der Waals surface area contributed by atoms with Crippen molar-refractivity contribution >= 4 is 15.9 Å². The zero-order valence-electron chi connectivity index (χ0n) is 10.8. The van der Waals surface area contributed by atoms with Crippen LogP contribution in [-0.2, 0) is 6.54 Å². The van der Waals surface area contributed by atoms with Gasteiger partial charge in [-0.3, -0.25) is 0 Å². The summed E-state index contributed by atoms with van der Waals surface area (Å²) in [6, 6.07) is 17.4. The lowest BCUT2D eigenvalue weighted by molar-refractivity contribution is 0.574. The maximum Gasteiger partial charge on any atom is 0.0295 e. The van der Waals surface area contributed by atoms with Crippen molar-refractivity contribution < 1.29 is 0 Å². The molecule has 0 aliphatic heterocycles. The summed E-state index contributed by atoms with van der Waals surface area (Å²) in [4.78, 5) is 0. The lowest BCUT2D eigenvalue weighted by Crippen LogP contribution is -2.18. The first-order chi connectivity index (χ1) is 8.65. The molecule has 0 heterocycles. The number of rotatable bonds is 4. The third-order valence-electron chi connectivity index (χ3n) is 3.04. The fourth-order valence-electron chi connectivity index (χ4n) is 1.99. The lowest BCUT2D eigenvalue weighted by atomic mass is 10.1. The maximum absolute atomic E-state index is 3.55. The second-order valence-corrected chi connectivity index (χ2v) is 5.56. The second-order valence-electron chi connectivity index (χ2n) is 4.65. The fraction of sp³-hybridized carbons (Fsp3) is 0.250. The van der Waals surface area contributed by atoms with Gasteiger partial charge < -0.3 is 5.32 Å². The molecule has 0 aromatic heterocycles. The van der Waals surface area contributed by atoms with E-state index >= 15 is 0 Å². The van der Waals surface area contributed by atoms with E-state index in [2.05, 4.69) is 83.6 Å². The summed E-state index contributed by atoms with van der Waals surface area (Å²) in [5.41, 5.74) is 3.94. The second kappa shape index (κ2) is 6.17. The van der Waals surface area contributed by atoms with Gasteiger partial charge in [0.05, 0.1) is 0 Å². The van der Waals surface area contributed by atoms with E-state index in [0.29, 0.717) is 6.04 Å². The molecule has 2 rings (SSSR count).